The number of imidazole rings is 1. The predicted molar refractivity (Wildman–Crippen MR) is 73.8 cm³/mol. The smallest absolute Gasteiger partial charge is 0.335 e. The van der Waals surface area contributed by atoms with E-state index < -0.39 is 5.97 Å². The molecule has 0 unspecified atom stereocenters. The Morgan fingerprint density at radius 3 is 2.95 bits per heavy atom. The molecule has 0 aliphatic rings. The van der Waals surface area contributed by atoms with E-state index in [1.807, 2.05) is 23.6 Å². The van der Waals surface area contributed by atoms with Crippen LogP contribution in [0.1, 0.15) is 21.9 Å². The molecule has 1 aromatic carbocycles. The first-order valence-corrected chi connectivity index (χ1v) is 6.38. The molecule has 0 saturated carbocycles. The molecule has 5 heteroatoms. The van der Waals surface area contributed by atoms with Crippen LogP contribution in [0.4, 0.5) is 0 Å². The first kappa shape index (κ1) is 12.5. The summed E-state index contributed by atoms with van der Waals surface area (Å²) in [5.74, 6) is 0.845. The molecule has 0 spiro atoms. The van der Waals surface area contributed by atoms with Gasteiger partial charge >= 0.3 is 5.97 Å². The normalized spacial score (nSPS) is 11.1. The highest BCUT2D eigenvalue weighted by molar-refractivity contribution is 5.92. The third-order valence-corrected chi connectivity index (χ3v) is 3.35. The lowest BCUT2D eigenvalue weighted by atomic mass is 10.2. The number of carbonyl (C=O) groups is 1. The van der Waals surface area contributed by atoms with E-state index in [0.717, 1.165) is 29.0 Å². The molecule has 2 heterocycles. The molecule has 3 aromatic rings. The van der Waals surface area contributed by atoms with Crippen molar-refractivity contribution < 1.29 is 14.3 Å². The van der Waals surface area contributed by atoms with Crippen LogP contribution in [0.25, 0.3) is 11.0 Å². The van der Waals surface area contributed by atoms with Gasteiger partial charge in [0.15, 0.2) is 0 Å². The van der Waals surface area contributed by atoms with Crippen LogP contribution in [0.2, 0.25) is 0 Å². The minimum Gasteiger partial charge on any atom is -0.478 e. The number of carboxylic acid groups (broad SMARTS) is 1. The molecule has 0 atom stereocenters. The summed E-state index contributed by atoms with van der Waals surface area (Å²) in [6.07, 6.45) is 2.40. The first-order chi connectivity index (χ1) is 9.65. The van der Waals surface area contributed by atoms with Crippen LogP contribution >= 0.6 is 0 Å². The van der Waals surface area contributed by atoms with E-state index in [2.05, 4.69) is 4.98 Å². The molecule has 5 nitrogen and oxygen atoms in total. The van der Waals surface area contributed by atoms with Gasteiger partial charge in [0, 0.05) is 13.0 Å². The molecule has 0 fully saturated rings. The van der Waals surface area contributed by atoms with Gasteiger partial charge in [-0.3, -0.25) is 0 Å². The summed E-state index contributed by atoms with van der Waals surface area (Å²) in [5, 5.41) is 9.08. The Bertz CT molecular complexity index is 757. The Labute approximate surface area is 115 Å². The topological polar surface area (TPSA) is 68.3 Å². The zero-order chi connectivity index (χ0) is 14.1. The molecule has 102 valence electrons. The van der Waals surface area contributed by atoms with Crippen molar-refractivity contribution in [2.45, 2.75) is 19.9 Å². The number of fused-ring (bicyclic) bond motifs is 1. The maximum Gasteiger partial charge on any atom is 0.335 e. The second-order valence-corrected chi connectivity index (χ2v) is 4.65. The van der Waals surface area contributed by atoms with E-state index in [-0.39, 0.29) is 5.56 Å². The lowest BCUT2D eigenvalue weighted by Crippen LogP contribution is -2.04. The van der Waals surface area contributed by atoms with Crippen molar-refractivity contribution in [1.82, 2.24) is 9.55 Å². The largest absolute Gasteiger partial charge is 0.478 e. The molecular formula is C15H14N2O3. The van der Waals surface area contributed by atoms with Crippen molar-refractivity contribution in [2.75, 3.05) is 0 Å². The molecule has 2 aromatic heterocycles. The zero-order valence-corrected chi connectivity index (χ0v) is 11.0. The SMILES string of the molecule is Cc1nc2ccc(C(=O)O)cc2n1CCc1ccco1. The highest BCUT2D eigenvalue weighted by atomic mass is 16.4. The molecule has 20 heavy (non-hydrogen) atoms. The first-order valence-electron chi connectivity index (χ1n) is 6.38. The molecule has 0 radical (unpaired) electrons. The lowest BCUT2D eigenvalue weighted by molar-refractivity contribution is 0.0697. The van der Waals surface area contributed by atoms with Gasteiger partial charge in [0.1, 0.15) is 11.6 Å². The Hall–Kier alpha value is -2.56. The Kier molecular flexibility index (Phi) is 3.02. The number of carboxylic acids is 1. The van der Waals surface area contributed by atoms with Crippen molar-refractivity contribution in [2.24, 2.45) is 0 Å². The summed E-state index contributed by atoms with van der Waals surface area (Å²) in [6.45, 7) is 2.63. The van der Waals surface area contributed by atoms with E-state index in [1.165, 1.54) is 0 Å². The minimum absolute atomic E-state index is 0.275. The van der Waals surface area contributed by atoms with E-state index in [4.69, 9.17) is 9.52 Å². The van der Waals surface area contributed by atoms with Crippen molar-refractivity contribution in [1.29, 1.82) is 0 Å². The van der Waals surface area contributed by atoms with Crippen LogP contribution in [0.15, 0.2) is 41.0 Å². The molecule has 0 aliphatic heterocycles. The molecular weight excluding hydrogens is 256 g/mol. The van der Waals surface area contributed by atoms with Gasteiger partial charge < -0.3 is 14.1 Å². The fourth-order valence-electron chi connectivity index (χ4n) is 2.34. The zero-order valence-electron chi connectivity index (χ0n) is 11.0. The number of rotatable bonds is 4. The monoisotopic (exact) mass is 270 g/mol. The second kappa shape index (κ2) is 4.85. The quantitative estimate of drug-likeness (QED) is 0.791. The van der Waals surface area contributed by atoms with Crippen molar-refractivity contribution in [3.8, 4) is 0 Å². The maximum atomic E-state index is 11.1. The number of hydrogen-bond donors (Lipinski definition) is 1. The molecule has 0 aliphatic carbocycles. The Morgan fingerprint density at radius 2 is 2.25 bits per heavy atom. The summed E-state index contributed by atoms with van der Waals surface area (Å²) >= 11 is 0. The molecule has 1 N–H and O–H groups in total. The average Bonchev–Trinajstić information content (AvgIpc) is 3.02. The van der Waals surface area contributed by atoms with Crippen LogP contribution in [-0.2, 0) is 13.0 Å². The van der Waals surface area contributed by atoms with Crippen LogP contribution < -0.4 is 0 Å². The van der Waals surface area contributed by atoms with E-state index in [1.54, 1.807) is 24.5 Å². The van der Waals surface area contributed by atoms with Gasteiger partial charge in [0.2, 0.25) is 0 Å². The van der Waals surface area contributed by atoms with Crippen LogP contribution in [0.5, 0.6) is 0 Å². The number of benzene rings is 1. The Morgan fingerprint density at radius 1 is 1.40 bits per heavy atom. The van der Waals surface area contributed by atoms with Gasteiger partial charge in [-0.2, -0.15) is 0 Å². The standard InChI is InChI=1S/C15H14N2O3/c1-10-16-13-5-4-11(15(18)19)9-14(13)17(10)7-6-12-3-2-8-20-12/h2-5,8-9H,6-7H2,1H3,(H,18,19). The number of hydrogen-bond acceptors (Lipinski definition) is 3. The number of nitrogens with zero attached hydrogens (tertiary/aromatic N) is 2. The average molecular weight is 270 g/mol. The van der Waals surface area contributed by atoms with Gasteiger partial charge in [-0.1, -0.05) is 0 Å². The van der Waals surface area contributed by atoms with E-state index in [9.17, 15) is 4.79 Å². The van der Waals surface area contributed by atoms with Gasteiger partial charge in [-0.05, 0) is 37.3 Å². The number of aryl methyl sites for hydroxylation is 3. The number of aromatic nitrogens is 2. The Balaban J connectivity index is 1.97. The summed E-state index contributed by atoms with van der Waals surface area (Å²) in [6, 6.07) is 8.77. The second-order valence-electron chi connectivity index (χ2n) is 4.65. The van der Waals surface area contributed by atoms with Crippen LogP contribution in [0.3, 0.4) is 0 Å². The predicted octanol–water partition coefficient (Wildman–Crippen LogP) is 2.88. The molecule has 0 bridgehead atoms. The lowest BCUT2D eigenvalue weighted by Gasteiger charge is -2.05. The van der Waals surface area contributed by atoms with Crippen LogP contribution in [-0.4, -0.2) is 20.6 Å². The van der Waals surface area contributed by atoms with Crippen molar-refractivity contribution in [3.05, 3.63) is 53.7 Å². The number of furan rings is 1. The minimum atomic E-state index is -0.927. The van der Waals surface area contributed by atoms with Gasteiger partial charge in [-0.25, -0.2) is 9.78 Å². The van der Waals surface area contributed by atoms with E-state index in [0.29, 0.717) is 6.54 Å². The maximum absolute atomic E-state index is 11.1. The van der Waals surface area contributed by atoms with E-state index >= 15 is 0 Å². The summed E-state index contributed by atoms with van der Waals surface area (Å²) in [5.41, 5.74) is 1.93. The summed E-state index contributed by atoms with van der Waals surface area (Å²) < 4.78 is 7.34. The summed E-state index contributed by atoms with van der Waals surface area (Å²) in [7, 11) is 0. The van der Waals surface area contributed by atoms with Crippen LogP contribution in [0, 0.1) is 6.92 Å². The highest BCUT2D eigenvalue weighted by Gasteiger charge is 2.11. The number of aromatic carboxylic acids is 1. The third-order valence-electron chi connectivity index (χ3n) is 3.35. The van der Waals surface area contributed by atoms with Gasteiger partial charge in [0.05, 0.1) is 22.9 Å². The molecule has 0 saturated heterocycles. The van der Waals surface area contributed by atoms with Gasteiger partial charge in [-0.15, -0.1) is 0 Å². The van der Waals surface area contributed by atoms with Gasteiger partial charge in [0.25, 0.3) is 0 Å². The summed E-state index contributed by atoms with van der Waals surface area (Å²) in [4.78, 5) is 15.5. The highest BCUT2D eigenvalue weighted by Crippen LogP contribution is 2.19. The fraction of sp³-hybridized carbons (Fsp3) is 0.200. The third kappa shape index (κ3) is 2.18. The fourth-order valence-corrected chi connectivity index (χ4v) is 2.34. The molecule has 3 rings (SSSR count). The van der Waals surface area contributed by atoms with Crippen molar-refractivity contribution >= 4 is 17.0 Å². The molecule has 0 amide bonds. The van der Waals surface area contributed by atoms with Crippen molar-refractivity contribution in [3.63, 3.8) is 0 Å².